The van der Waals surface area contributed by atoms with E-state index < -0.39 is 0 Å². The van der Waals surface area contributed by atoms with Crippen molar-refractivity contribution in [2.45, 2.75) is 32.2 Å². The molecule has 0 radical (unpaired) electrons. The van der Waals surface area contributed by atoms with Crippen molar-refractivity contribution in [1.29, 1.82) is 0 Å². The first-order valence-electron chi connectivity index (χ1n) is 5.52. The largest absolute Gasteiger partial charge is 0.396 e. The Morgan fingerprint density at radius 2 is 2.12 bits per heavy atom. The maximum Gasteiger partial charge on any atom is 0.0931 e. The van der Waals surface area contributed by atoms with E-state index in [1.807, 2.05) is 6.07 Å². The lowest BCUT2D eigenvalue weighted by atomic mass is 9.99. The molecule has 92 valence electrons. The monoisotopic (exact) mass is 261 g/mol. The van der Waals surface area contributed by atoms with Gasteiger partial charge in [0.15, 0.2) is 0 Å². The number of likely N-dealkylation sites (N-methyl/N-ethyl adjacent to an activating group) is 1. The van der Waals surface area contributed by atoms with Crippen molar-refractivity contribution in [1.82, 2.24) is 4.90 Å². The Morgan fingerprint density at radius 3 is 2.62 bits per heavy atom. The third kappa shape index (κ3) is 4.06. The molecule has 0 saturated carbocycles. The Kier molecular flexibility index (Phi) is 5.25. The second kappa shape index (κ2) is 6.01. The predicted molar refractivity (Wildman–Crippen MR) is 71.4 cm³/mol. The van der Waals surface area contributed by atoms with E-state index in [2.05, 4.69) is 31.9 Å². The zero-order valence-corrected chi connectivity index (χ0v) is 11.7. The fourth-order valence-corrected chi connectivity index (χ4v) is 2.61. The van der Waals surface area contributed by atoms with Gasteiger partial charge in [-0.2, -0.15) is 0 Å². The summed E-state index contributed by atoms with van der Waals surface area (Å²) < 4.78 is 0.854. The molecule has 4 heteroatoms. The fraction of sp³-hybridized carbons (Fsp3) is 0.667. The van der Waals surface area contributed by atoms with Gasteiger partial charge in [-0.3, -0.25) is 0 Å². The lowest BCUT2D eigenvalue weighted by molar-refractivity contribution is 0.118. The summed E-state index contributed by atoms with van der Waals surface area (Å²) in [5.74, 6) is 0. The minimum absolute atomic E-state index is 0.0514. The Hall–Kier alpha value is -0.0900. The second-order valence-electron chi connectivity index (χ2n) is 4.66. The van der Waals surface area contributed by atoms with Crippen LogP contribution in [0.5, 0.6) is 0 Å². The smallest absolute Gasteiger partial charge is 0.0931 e. The average Bonchev–Trinajstić information content (AvgIpc) is 2.60. The van der Waals surface area contributed by atoms with E-state index in [1.54, 1.807) is 11.3 Å². The topological polar surface area (TPSA) is 23.5 Å². The highest BCUT2D eigenvalue weighted by atomic mass is 35.5. The van der Waals surface area contributed by atoms with Gasteiger partial charge in [0.25, 0.3) is 0 Å². The Labute approximate surface area is 107 Å². The van der Waals surface area contributed by atoms with Gasteiger partial charge in [0, 0.05) is 23.6 Å². The number of nitrogens with zero attached hydrogens (tertiary/aromatic N) is 1. The van der Waals surface area contributed by atoms with Crippen LogP contribution in [0.15, 0.2) is 12.1 Å². The number of hydrogen-bond acceptors (Lipinski definition) is 3. The summed E-state index contributed by atoms with van der Waals surface area (Å²) >= 11 is 7.53. The van der Waals surface area contributed by atoms with Crippen LogP contribution < -0.4 is 0 Å². The van der Waals surface area contributed by atoms with Gasteiger partial charge in [-0.05, 0) is 45.9 Å². The molecule has 1 N–H and O–H groups in total. The molecule has 0 atom stereocenters. The lowest BCUT2D eigenvalue weighted by Crippen LogP contribution is -2.42. The van der Waals surface area contributed by atoms with Crippen molar-refractivity contribution >= 4 is 22.9 Å². The molecule has 0 aliphatic heterocycles. The first-order valence-corrected chi connectivity index (χ1v) is 6.71. The van der Waals surface area contributed by atoms with Crippen LogP contribution in [0.4, 0.5) is 0 Å². The first kappa shape index (κ1) is 14.0. The van der Waals surface area contributed by atoms with Crippen LogP contribution in [0, 0.1) is 0 Å². The zero-order chi connectivity index (χ0) is 12.2. The first-order chi connectivity index (χ1) is 7.45. The number of aliphatic hydroxyl groups is 1. The molecule has 1 aromatic rings. The summed E-state index contributed by atoms with van der Waals surface area (Å²) in [6, 6.07) is 4.03. The highest BCUT2D eigenvalue weighted by Crippen LogP contribution is 2.23. The molecule has 16 heavy (non-hydrogen) atoms. The second-order valence-corrected chi connectivity index (χ2v) is 6.46. The number of rotatable bonds is 6. The Morgan fingerprint density at radius 1 is 1.44 bits per heavy atom. The summed E-state index contributed by atoms with van der Waals surface area (Å²) in [5.41, 5.74) is 0.0514. The van der Waals surface area contributed by atoms with Crippen LogP contribution in [0.3, 0.4) is 0 Å². The van der Waals surface area contributed by atoms with Crippen LogP contribution in [0.2, 0.25) is 4.34 Å². The fourth-order valence-electron chi connectivity index (χ4n) is 1.53. The highest BCUT2D eigenvalue weighted by molar-refractivity contribution is 7.16. The summed E-state index contributed by atoms with van der Waals surface area (Å²) in [6.07, 6.45) is 1.82. The molecule has 0 bridgehead atoms. The maximum absolute atomic E-state index is 9.00. The molecular formula is C12H20ClNOS. The van der Waals surface area contributed by atoms with E-state index in [9.17, 15) is 0 Å². The number of hydrogen-bond donors (Lipinski definition) is 1. The summed E-state index contributed by atoms with van der Waals surface area (Å²) in [6.45, 7) is 5.54. The molecule has 0 unspecified atom stereocenters. The molecule has 0 aliphatic carbocycles. The van der Waals surface area contributed by atoms with E-state index in [-0.39, 0.29) is 12.1 Å². The van der Waals surface area contributed by atoms with E-state index in [0.29, 0.717) is 0 Å². The minimum atomic E-state index is 0.0514. The minimum Gasteiger partial charge on any atom is -0.396 e. The average molecular weight is 262 g/mol. The number of thiophene rings is 1. The van der Waals surface area contributed by atoms with Gasteiger partial charge >= 0.3 is 0 Å². The normalized spacial score (nSPS) is 12.4. The van der Waals surface area contributed by atoms with Gasteiger partial charge in [-0.15, -0.1) is 11.3 Å². The zero-order valence-electron chi connectivity index (χ0n) is 10.2. The third-order valence-corrected chi connectivity index (χ3v) is 4.37. The molecule has 0 aliphatic rings. The van der Waals surface area contributed by atoms with Crippen LogP contribution in [0.1, 0.15) is 25.1 Å². The van der Waals surface area contributed by atoms with Crippen molar-refractivity contribution in [2.75, 3.05) is 20.2 Å². The van der Waals surface area contributed by atoms with E-state index in [0.717, 1.165) is 23.7 Å². The van der Waals surface area contributed by atoms with Crippen molar-refractivity contribution in [3.8, 4) is 0 Å². The van der Waals surface area contributed by atoms with E-state index >= 15 is 0 Å². The molecule has 0 saturated heterocycles. The number of halogens is 1. The van der Waals surface area contributed by atoms with Crippen LogP contribution >= 0.6 is 22.9 Å². The SMILES string of the molecule is CN(CCc1ccc(Cl)s1)C(C)(C)CCO. The van der Waals surface area contributed by atoms with Crippen molar-refractivity contribution in [2.24, 2.45) is 0 Å². The molecule has 0 spiro atoms. The van der Waals surface area contributed by atoms with Crippen molar-refractivity contribution in [3.63, 3.8) is 0 Å². The van der Waals surface area contributed by atoms with E-state index in [1.165, 1.54) is 4.88 Å². The molecule has 1 aromatic heterocycles. The maximum atomic E-state index is 9.00. The standard InChI is InChI=1S/C12H20ClNOS/c1-12(2,7-9-15)14(3)8-6-10-4-5-11(13)16-10/h4-5,15H,6-9H2,1-3H3. The van der Waals surface area contributed by atoms with Gasteiger partial charge < -0.3 is 10.0 Å². The predicted octanol–water partition coefficient (Wildman–Crippen LogP) is 3.04. The molecule has 1 heterocycles. The molecule has 0 fully saturated rings. The number of aliphatic hydroxyl groups excluding tert-OH is 1. The summed E-state index contributed by atoms with van der Waals surface area (Å²) in [5, 5.41) is 9.00. The van der Waals surface area contributed by atoms with Crippen LogP contribution in [-0.2, 0) is 6.42 Å². The van der Waals surface area contributed by atoms with Gasteiger partial charge in [-0.25, -0.2) is 0 Å². The highest BCUT2D eigenvalue weighted by Gasteiger charge is 2.22. The van der Waals surface area contributed by atoms with Gasteiger partial charge in [0.1, 0.15) is 0 Å². The molecule has 0 aromatic carbocycles. The Balaban J connectivity index is 2.43. The van der Waals surface area contributed by atoms with Gasteiger partial charge in [0.05, 0.1) is 4.34 Å². The van der Waals surface area contributed by atoms with Crippen molar-refractivity contribution in [3.05, 3.63) is 21.3 Å². The van der Waals surface area contributed by atoms with Crippen LogP contribution in [-0.4, -0.2) is 35.7 Å². The van der Waals surface area contributed by atoms with Crippen molar-refractivity contribution < 1.29 is 5.11 Å². The summed E-state index contributed by atoms with van der Waals surface area (Å²) in [4.78, 5) is 3.60. The molecule has 2 nitrogen and oxygen atoms in total. The summed E-state index contributed by atoms with van der Waals surface area (Å²) in [7, 11) is 2.10. The lowest BCUT2D eigenvalue weighted by Gasteiger charge is -2.35. The quantitative estimate of drug-likeness (QED) is 0.851. The molecular weight excluding hydrogens is 242 g/mol. The Bertz CT molecular complexity index is 325. The van der Waals surface area contributed by atoms with Crippen LogP contribution in [0.25, 0.3) is 0 Å². The van der Waals surface area contributed by atoms with Gasteiger partial charge in [0.2, 0.25) is 0 Å². The third-order valence-electron chi connectivity index (χ3n) is 3.08. The molecule has 1 rings (SSSR count). The molecule has 0 amide bonds. The van der Waals surface area contributed by atoms with E-state index in [4.69, 9.17) is 16.7 Å². The van der Waals surface area contributed by atoms with Gasteiger partial charge in [-0.1, -0.05) is 11.6 Å².